The summed E-state index contributed by atoms with van der Waals surface area (Å²) in [6.45, 7) is 4.75. The highest BCUT2D eigenvalue weighted by Gasteiger charge is 2.35. The molecule has 1 aliphatic carbocycles. The molecule has 0 atom stereocenters. The SMILES string of the molecule is CC1(C)c2ccc(-c3ccc4ccccc4c3)c3ccc4c5ccccc5cc1c4c23. The van der Waals surface area contributed by atoms with Gasteiger partial charge in [0.2, 0.25) is 0 Å². The topological polar surface area (TPSA) is 0 Å². The van der Waals surface area contributed by atoms with Crippen molar-refractivity contribution >= 4 is 43.1 Å². The van der Waals surface area contributed by atoms with E-state index in [4.69, 9.17) is 0 Å². The number of fused-ring (bicyclic) bond motifs is 3. The molecule has 0 amide bonds. The smallest absolute Gasteiger partial charge is 0.0159 e. The van der Waals surface area contributed by atoms with Crippen molar-refractivity contribution in [3.05, 3.63) is 108 Å². The molecule has 0 bridgehead atoms. The van der Waals surface area contributed by atoms with Crippen LogP contribution in [0.15, 0.2) is 97.1 Å². The monoisotopic (exact) mass is 394 g/mol. The molecule has 0 fully saturated rings. The molecule has 0 heterocycles. The van der Waals surface area contributed by atoms with Gasteiger partial charge in [0.05, 0.1) is 0 Å². The van der Waals surface area contributed by atoms with Gasteiger partial charge in [0.1, 0.15) is 0 Å². The Morgan fingerprint density at radius 2 is 1.19 bits per heavy atom. The minimum atomic E-state index is 0.00608. The third-order valence-corrected chi connectivity index (χ3v) is 7.41. The van der Waals surface area contributed by atoms with E-state index in [0.29, 0.717) is 0 Å². The summed E-state index contributed by atoms with van der Waals surface area (Å²) < 4.78 is 0. The third-order valence-electron chi connectivity index (χ3n) is 7.41. The first-order valence-corrected chi connectivity index (χ1v) is 11.0. The Morgan fingerprint density at radius 1 is 0.484 bits per heavy atom. The molecule has 7 rings (SSSR count). The van der Waals surface area contributed by atoms with Gasteiger partial charge in [0, 0.05) is 5.41 Å². The van der Waals surface area contributed by atoms with Crippen LogP contribution in [-0.4, -0.2) is 0 Å². The molecule has 0 saturated heterocycles. The molecule has 0 aliphatic heterocycles. The van der Waals surface area contributed by atoms with Gasteiger partial charge in [-0.3, -0.25) is 0 Å². The van der Waals surface area contributed by atoms with Gasteiger partial charge in [0.25, 0.3) is 0 Å². The highest BCUT2D eigenvalue weighted by molar-refractivity contribution is 6.24. The highest BCUT2D eigenvalue weighted by atomic mass is 14.4. The molecule has 6 aromatic carbocycles. The lowest BCUT2D eigenvalue weighted by Gasteiger charge is -2.22. The molecule has 0 nitrogen and oxygen atoms in total. The second-order valence-electron chi connectivity index (χ2n) is 9.40. The molecule has 0 heteroatoms. The van der Waals surface area contributed by atoms with Gasteiger partial charge < -0.3 is 0 Å². The predicted octanol–water partition coefficient (Wildman–Crippen LogP) is 8.61. The van der Waals surface area contributed by atoms with Gasteiger partial charge in [-0.25, -0.2) is 0 Å². The average molecular weight is 395 g/mol. The van der Waals surface area contributed by atoms with Crippen LogP contribution < -0.4 is 0 Å². The lowest BCUT2D eigenvalue weighted by Crippen LogP contribution is -2.15. The summed E-state index contributed by atoms with van der Waals surface area (Å²) in [5.41, 5.74) is 5.52. The van der Waals surface area contributed by atoms with Gasteiger partial charge >= 0.3 is 0 Å². The van der Waals surface area contributed by atoms with Crippen LogP contribution >= 0.6 is 0 Å². The first kappa shape index (κ1) is 17.1. The quantitative estimate of drug-likeness (QED) is 0.245. The summed E-state index contributed by atoms with van der Waals surface area (Å²) in [5, 5.41) is 10.9. The fraction of sp³-hybridized carbons (Fsp3) is 0.0968. The minimum absolute atomic E-state index is 0.00608. The Morgan fingerprint density at radius 3 is 2.06 bits per heavy atom. The van der Waals surface area contributed by atoms with E-state index < -0.39 is 0 Å². The van der Waals surface area contributed by atoms with Gasteiger partial charge in [-0.15, -0.1) is 0 Å². The van der Waals surface area contributed by atoms with Crippen LogP contribution in [0.1, 0.15) is 25.0 Å². The van der Waals surface area contributed by atoms with Crippen LogP contribution in [0.25, 0.3) is 54.2 Å². The Labute approximate surface area is 181 Å². The van der Waals surface area contributed by atoms with E-state index in [0.717, 1.165) is 0 Å². The zero-order valence-corrected chi connectivity index (χ0v) is 17.7. The summed E-state index contributed by atoms with van der Waals surface area (Å²) >= 11 is 0. The Kier molecular flexibility index (Phi) is 3.16. The largest absolute Gasteiger partial charge is 0.0616 e. The molecular formula is C31H22. The molecule has 0 aromatic heterocycles. The van der Waals surface area contributed by atoms with Crippen molar-refractivity contribution in [2.75, 3.05) is 0 Å². The maximum absolute atomic E-state index is 2.42. The van der Waals surface area contributed by atoms with Crippen LogP contribution in [-0.2, 0) is 5.41 Å². The van der Waals surface area contributed by atoms with Crippen molar-refractivity contribution in [2.24, 2.45) is 0 Å². The minimum Gasteiger partial charge on any atom is -0.0616 e. The van der Waals surface area contributed by atoms with Crippen molar-refractivity contribution in [3.8, 4) is 11.1 Å². The third kappa shape index (κ3) is 2.15. The standard InChI is InChI=1S/C31H22/c1-31(2)27-16-15-24(22-12-11-19-7-3-4-8-20(19)17-22)26-14-13-25-23-10-6-5-9-21(23)18-28(31)30(25)29(26)27/h3-18H,1-2H3. The van der Waals surface area contributed by atoms with E-state index in [1.54, 1.807) is 0 Å². The van der Waals surface area contributed by atoms with Crippen LogP contribution in [0.4, 0.5) is 0 Å². The van der Waals surface area contributed by atoms with Crippen molar-refractivity contribution < 1.29 is 0 Å². The number of rotatable bonds is 1. The molecule has 0 spiro atoms. The molecule has 146 valence electrons. The molecule has 31 heavy (non-hydrogen) atoms. The number of benzene rings is 6. The summed E-state index contributed by atoms with van der Waals surface area (Å²) in [6.07, 6.45) is 0. The van der Waals surface area contributed by atoms with Crippen molar-refractivity contribution in [2.45, 2.75) is 19.3 Å². The molecule has 0 saturated carbocycles. The first-order chi connectivity index (χ1) is 15.1. The van der Waals surface area contributed by atoms with E-state index in [1.165, 1.54) is 65.3 Å². The van der Waals surface area contributed by atoms with Gasteiger partial charge in [-0.1, -0.05) is 98.8 Å². The van der Waals surface area contributed by atoms with E-state index in [1.807, 2.05) is 0 Å². The normalized spacial score (nSPS) is 14.4. The maximum Gasteiger partial charge on any atom is 0.0159 e. The highest BCUT2D eigenvalue weighted by Crippen LogP contribution is 2.52. The second-order valence-corrected chi connectivity index (χ2v) is 9.40. The molecule has 6 aromatic rings. The maximum atomic E-state index is 2.42. The van der Waals surface area contributed by atoms with Crippen molar-refractivity contribution in [3.63, 3.8) is 0 Å². The average Bonchev–Trinajstić information content (AvgIpc) is 3.04. The Hall–Kier alpha value is -3.64. The molecular weight excluding hydrogens is 372 g/mol. The Bertz CT molecular complexity index is 1700. The van der Waals surface area contributed by atoms with E-state index in [-0.39, 0.29) is 5.41 Å². The summed E-state index contributed by atoms with van der Waals surface area (Å²) in [5.74, 6) is 0. The molecule has 0 unspecified atom stereocenters. The first-order valence-electron chi connectivity index (χ1n) is 11.0. The summed E-state index contributed by atoms with van der Waals surface area (Å²) in [7, 11) is 0. The van der Waals surface area contributed by atoms with E-state index in [2.05, 4.69) is 111 Å². The predicted molar refractivity (Wildman–Crippen MR) is 134 cm³/mol. The van der Waals surface area contributed by atoms with Crippen molar-refractivity contribution in [1.82, 2.24) is 0 Å². The fourth-order valence-electron chi connectivity index (χ4n) is 5.81. The van der Waals surface area contributed by atoms with Gasteiger partial charge in [-0.05, 0) is 77.5 Å². The Balaban J connectivity index is 1.63. The molecule has 0 radical (unpaired) electrons. The lowest BCUT2D eigenvalue weighted by molar-refractivity contribution is 0.663. The van der Waals surface area contributed by atoms with Crippen LogP contribution in [0.3, 0.4) is 0 Å². The molecule has 1 aliphatic rings. The summed E-state index contributed by atoms with van der Waals surface area (Å²) in [6, 6.07) is 36.1. The fourth-order valence-corrected chi connectivity index (χ4v) is 5.81. The van der Waals surface area contributed by atoms with E-state index in [9.17, 15) is 0 Å². The van der Waals surface area contributed by atoms with E-state index >= 15 is 0 Å². The van der Waals surface area contributed by atoms with Crippen LogP contribution in [0, 0.1) is 0 Å². The number of hydrogen-bond acceptors (Lipinski definition) is 0. The summed E-state index contributed by atoms with van der Waals surface area (Å²) in [4.78, 5) is 0. The number of hydrogen-bond donors (Lipinski definition) is 0. The lowest BCUT2D eigenvalue weighted by atomic mass is 9.80. The zero-order valence-electron chi connectivity index (χ0n) is 17.7. The van der Waals surface area contributed by atoms with Gasteiger partial charge in [-0.2, -0.15) is 0 Å². The van der Waals surface area contributed by atoms with Gasteiger partial charge in [0.15, 0.2) is 0 Å². The van der Waals surface area contributed by atoms with Crippen LogP contribution in [0.5, 0.6) is 0 Å². The van der Waals surface area contributed by atoms with Crippen LogP contribution in [0.2, 0.25) is 0 Å². The zero-order chi connectivity index (χ0) is 20.7. The second kappa shape index (κ2) is 5.74. The van der Waals surface area contributed by atoms with Crippen molar-refractivity contribution in [1.29, 1.82) is 0 Å². The molecule has 0 N–H and O–H groups in total.